The van der Waals surface area contributed by atoms with Crippen molar-refractivity contribution in [3.63, 3.8) is 0 Å². The van der Waals surface area contributed by atoms with Crippen LogP contribution in [0.15, 0.2) is 54.9 Å². The number of ether oxygens (including phenoxy) is 1. The molecule has 0 spiro atoms. The number of H-pyrrole nitrogens is 2. The highest BCUT2D eigenvalue weighted by atomic mass is 16.5. The Bertz CT molecular complexity index is 1400. The molecule has 0 bridgehead atoms. The van der Waals surface area contributed by atoms with E-state index >= 15 is 0 Å². The number of anilines is 3. The van der Waals surface area contributed by atoms with Crippen molar-refractivity contribution < 1.29 is 4.74 Å². The zero-order chi connectivity index (χ0) is 22.1. The van der Waals surface area contributed by atoms with Crippen LogP contribution >= 0.6 is 0 Å². The summed E-state index contributed by atoms with van der Waals surface area (Å²) >= 11 is 0. The van der Waals surface area contributed by atoms with Gasteiger partial charge in [-0.25, -0.2) is 4.98 Å². The van der Waals surface area contributed by atoms with Gasteiger partial charge in [0.1, 0.15) is 11.6 Å². The van der Waals surface area contributed by atoms with E-state index in [-0.39, 0.29) is 5.95 Å². The number of aromatic nitrogens is 4. The lowest BCUT2D eigenvalue weighted by atomic mass is 10.0. The second-order valence-corrected chi connectivity index (χ2v) is 7.90. The quantitative estimate of drug-likeness (QED) is 0.284. The van der Waals surface area contributed by atoms with Gasteiger partial charge in [-0.2, -0.15) is 4.98 Å². The van der Waals surface area contributed by atoms with Crippen LogP contribution in [0.2, 0.25) is 0 Å². The first kappa shape index (κ1) is 19.9. The third kappa shape index (κ3) is 3.85. The summed E-state index contributed by atoms with van der Waals surface area (Å²) in [5.74, 6) is 1.87. The van der Waals surface area contributed by atoms with Gasteiger partial charge in [-0.3, -0.25) is 0 Å². The Hall–Kier alpha value is -4.00. The maximum Gasteiger partial charge on any atom is 0.221 e. The fourth-order valence-corrected chi connectivity index (χ4v) is 4.13. The van der Waals surface area contributed by atoms with E-state index in [1.807, 2.05) is 31.3 Å². The first-order valence-electron chi connectivity index (χ1n) is 10.8. The van der Waals surface area contributed by atoms with E-state index in [0.717, 1.165) is 57.8 Å². The summed E-state index contributed by atoms with van der Waals surface area (Å²) in [4.78, 5) is 15.5. The van der Waals surface area contributed by atoms with E-state index in [0.29, 0.717) is 6.61 Å². The van der Waals surface area contributed by atoms with Crippen LogP contribution in [0.25, 0.3) is 21.8 Å². The zero-order valence-electron chi connectivity index (χ0n) is 18.2. The molecule has 5 rings (SSSR count). The highest BCUT2D eigenvalue weighted by molar-refractivity contribution is 5.94. The average Bonchev–Trinajstić information content (AvgIpc) is 3.36. The van der Waals surface area contributed by atoms with Crippen molar-refractivity contribution >= 4 is 39.3 Å². The van der Waals surface area contributed by atoms with Gasteiger partial charge in [-0.05, 0) is 68.7 Å². The third-order valence-electron chi connectivity index (χ3n) is 5.65. The molecule has 162 valence electrons. The van der Waals surface area contributed by atoms with Crippen LogP contribution in [0.1, 0.15) is 23.7 Å². The molecule has 3 heterocycles. The fraction of sp³-hybridized carbons (Fsp3) is 0.200. The predicted molar refractivity (Wildman–Crippen MR) is 130 cm³/mol. The van der Waals surface area contributed by atoms with E-state index in [1.54, 1.807) is 0 Å². The van der Waals surface area contributed by atoms with Gasteiger partial charge in [0.2, 0.25) is 5.95 Å². The molecular weight excluding hydrogens is 400 g/mol. The second-order valence-electron chi connectivity index (χ2n) is 7.90. The number of fused-ring (bicyclic) bond motifs is 2. The number of nitrogen functional groups attached to an aromatic ring is 1. The molecule has 0 radical (unpaired) electrons. The minimum Gasteiger partial charge on any atom is -0.494 e. The lowest BCUT2D eigenvalue weighted by molar-refractivity contribution is 0.340. The molecule has 2 aromatic carbocycles. The molecule has 5 N–H and O–H groups in total. The van der Waals surface area contributed by atoms with Crippen LogP contribution in [-0.4, -0.2) is 26.5 Å². The molecule has 0 atom stereocenters. The molecule has 32 heavy (non-hydrogen) atoms. The lowest BCUT2D eigenvalue weighted by Crippen LogP contribution is -2.05. The number of hydrogen-bond donors (Lipinski definition) is 4. The summed E-state index contributed by atoms with van der Waals surface area (Å²) in [5.41, 5.74) is 12.4. The van der Waals surface area contributed by atoms with Crippen molar-refractivity contribution in [1.29, 1.82) is 0 Å². The minimum atomic E-state index is 0.252. The van der Waals surface area contributed by atoms with Crippen LogP contribution in [0.5, 0.6) is 5.75 Å². The number of nitrogens with zero attached hydrogens (tertiary/aromatic N) is 2. The summed E-state index contributed by atoms with van der Waals surface area (Å²) in [6.07, 6.45) is 5.49. The highest BCUT2D eigenvalue weighted by Gasteiger charge is 2.12. The summed E-state index contributed by atoms with van der Waals surface area (Å²) < 4.78 is 5.68. The molecule has 0 saturated heterocycles. The molecule has 5 aromatic rings. The van der Waals surface area contributed by atoms with Gasteiger partial charge in [0, 0.05) is 51.1 Å². The minimum absolute atomic E-state index is 0.252. The molecule has 0 aliphatic rings. The number of nitrogens with two attached hydrogens (primary N) is 1. The number of nitrogens with one attached hydrogen (secondary N) is 3. The topological polar surface area (TPSA) is 105 Å². The van der Waals surface area contributed by atoms with Crippen molar-refractivity contribution in [3.05, 3.63) is 71.7 Å². The largest absolute Gasteiger partial charge is 0.494 e. The van der Waals surface area contributed by atoms with E-state index in [1.165, 1.54) is 10.9 Å². The van der Waals surface area contributed by atoms with Crippen molar-refractivity contribution in [2.45, 2.75) is 26.7 Å². The molecular formula is C25H26N6O. The van der Waals surface area contributed by atoms with Gasteiger partial charge in [0.15, 0.2) is 0 Å². The Morgan fingerprint density at radius 3 is 2.78 bits per heavy atom. The first-order chi connectivity index (χ1) is 15.6. The highest BCUT2D eigenvalue weighted by Crippen LogP contribution is 2.29. The summed E-state index contributed by atoms with van der Waals surface area (Å²) in [6, 6.07) is 14.4. The van der Waals surface area contributed by atoms with Gasteiger partial charge >= 0.3 is 0 Å². The summed E-state index contributed by atoms with van der Waals surface area (Å²) in [6.45, 7) is 4.69. The molecule has 3 aromatic heterocycles. The fourth-order valence-electron chi connectivity index (χ4n) is 4.13. The first-order valence-corrected chi connectivity index (χ1v) is 10.8. The maximum absolute atomic E-state index is 5.92. The van der Waals surface area contributed by atoms with Crippen LogP contribution in [0.4, 0.5) is 17.5 Å². The SMILES string of the molecule is CCOc1ccc2[nH]cc(CCc3cnc(N)nc3Nc3cccc4[nH]c(C)cc34)c2c1. The number of hydrogen-bond acceptors (Lipinski definition) is 5. The van der Waals surface area contributed by atoms with Crippen molar-refractivity contribution in [1.82, 2.24) is 19.9 Å². The van der Waals surface area contributed by atoms with Crippen LogP contribution in [0.3, 0.4) is 0 Å². The predicted octanol–water partition coefficient (Wildman–Crippen LogP) is 5.26. The smallest absolute Gasteiger partial charge is 0.221 e. The molecule has 0 aliphatic carbocycles. The molecule has 0 unspecified atom stereocenters. The standard InChI is InChI=1S/C25H26N6O/c1-3-32-18-9-10-21-19(12-18)16(13-27-21)7-8-17-14-28-25(26)31-24(17)30-23-6-4-5-22-20(23)11-15(2)29-22/h4-6,9-14,27,29H,3,7-8H2,1-2H3,(H3,26,28,30,31). The second kappa shape index (κ2) is 8.26. The van der Waals surface area contributed by atoms with E-state index < -0.39 is 0 Å². The maximum atomic E-state index is 5.92. The van der Waals surface area contributed by atoms with Crippen LogP contribution in [-0.2, 0) is 12.8 Å². The Morgan fingerprint density at radius 1 is 1.03 bits per heavy atom. The molecule has 7 nitrogen and oxygen atoms in total. The van der Waals surface area contributed by atoms with E-state index in [2.05, 4.69) is 62.6 Å². The lowest BCUT2D eigenvalue weighted by Gasteiger charge is -2.12. The Labute approximate surface area is 186 Å². The summed E-state index contributed by atoms with van der Waals surface area (Å²) in [7, 11) is 0. The third-order valence-corrected chi connectivity index (χ3v) is 5.65. The van der Waals surface area contributed by atoms with Crippen LogP contribution < -0.4 is 15.8 Å². The Kier molecular flexibility index (Phi) is 5.15. The van der Waals surface area contributed by atoms with E-state index in [4.69, 9.17) is 10.5 Å². The van der Waals surface area contributed by atoms with Crippen molar-refractivity contribution in [2.75, 3.05) is 17.7 Å². The number of aryl methyl sites for hydroxylation is 3. The number of rotatable bonds is 7. The molecule has 0 amide bonds. The monoisotopic (exact) mass is 426 g/mol. The zero-order valence-corrected chi connectivity index (χ0v) is 18.2. The molecule has 0 fully saturated rings. The Balaban J connectivity index is 1.43. The van der Waals surface area contributed by atoms with Gasteiger partial charge in [-0.15, -0.1) is 0 Å². The molecule has 0 aliphatic heterocycles. The average molecular weight is 427 g/mol. The van der Waals surface area contributed by atoms with Gasteiger partial charge in [0.05, 0.1) is 6.61 Å². The normalized spacial score (nSPS) is 11.3. The number of aromatic amines is 2. The summed E-state index contributed by atoms with van der Waals surface area (Å²) in [5, 5.41) is 5.78. The van der Waals surface area contributed by atoms with Gasteiger partial charge < -0.3 is 25.8 Å². The van der Waals surface area contributed by atoms with Crippen molar-refractivity contribution in [3.8, 4) is 5.75 Å². The molecule has 7 heteroatoms. The van der Waals surface area contributed by atoms with Gasteiger partial charge in [-0.1, -0.05) is 6.07 Å². The number of benzene rings is 2. The van der Waals surface area contributed by atoms with Crippen molar-refractivity contribution in [2.24, 2.45) is 0 Å². The van der Waals surface area contributed by atoms with Gasteiger partial charge in [0.25, 0.3) is 0 Å². The van der Waals surface area contributed by atoms with E-state index in [9.17, 15) is 0 Å². The van der Waals surface area contributed by atoms with Crippen LogP contribution in [0, 0.1) is 6.92 Å². The molecule has 0 saturated carbocycles. The Morgan fingerprint density at radius 2 is 1.91 bits per heavy atom.